The van der Waals surface area contributed by atoms with Crippen LogP contribution in [0.15, 0.2) is 17.1 Å². The maximum Gasteiger partial charge on any atom is 0.223 e. The van der Waals surface area contributed by atoms with Crippen molar-refractivity contribution in [3.63, 3.8) is 0 Å². The summed E-state index contributed by atoms with van der Waals surface area (Å²) in [5.74, 6) is 2.84. The number of halogens is 1. The molecule has 0 aliphatic rings. The van der Waals surface area contributed by atoms with E-state index in [0.717, 1.165) is 5.69 Å². The summed E-state index contributed by atoms with van der Waals surface area (Å²) in [5.41, 5.74) is 0.540. The van der Waals surface area contributed by atoms with E-state index < -0.39 is 0 Å². The number of ether oxygens (including phenoxy) is 1. The molecule has 4 heteroatoms. The van der Waals surface area contributed by atoms with Gasteiger partial charge in [-0.15, -0.1) is 18.0 Å². The van der Waals surface area contributed by atoms with Gasteiger partial charge in [-0.1, -0.05) is 5.92 Å². The Kier molecular flexibility index (Phi) is 3.61. The Balaban J connectivity index is 3.04. The van der Waals surface area contributed by atoms with Crippen molar-refractivity contribution in [2.75, 3.05) is 6.61 Å². The van der Waals surface area contributed by atoms with Crippen molar-refractivity contribution in [1.29, 1.82) is 0 Å². The minimum atomic E-state index is -0.200. The number of aromatic nitrogens is 1. The molecule has 0 N–H and O–H groups in total. The molecule has 0 unspecified atom stereocenters. The Hall–Kier alpha value is -1.40. The third-order valence-corrected chi connectivity index (χ3v) is 2.03. The van der Waals surface area contributed by atoms with Crippen LogP contribution >= 0.6 is 11.6 Å². The van der Waals surface area contributed by atoms with Crippen molar-refractivity contribution in [2.45, 2.75) is 5.88 Å². The highest BCUT2D eigenvalue weighted by atomic mass is 35.5. The first kappa shape index (κ1) is 10.7. The molecule has 0 spiro atoms. The molecule has 0 radical (unpaired) electrons. The molecule has 0 bridgehead atoms. The van der Waals surface area contributed by atoms with Crippen molar-refractivity contribution in [3.8, 4) is 18.1 Å². The Morgan fingerprint density at radius 1 is 1.71 bits per heavy atom. The van der Waals surface area contributed by atoms with E-state index in [2.05, 4.69) is 5.92 Å². The number of rotatable bonds is 3. The van der Waals surface area contributed by atoms with Crippen LogP contribution < -0.4 is 10.2 Å². The van der Waals surface area contributed by atoms with E-state index in [4.69, 9.17) is 22.8 Å². The Labute approximate surface area is 87.3 Å². The normalized spacial score (nSPS) is 9.50. The van der Waals surface area contributed by atoms with Gasteiger partial charge in [-0.2, -0.15) is 0 Å². The minimum absolute atomic E-state index is 0.0927. The van der Waals surface area contributed by atoms with E-state index in [1.54, 1.807) is 17.8 Å². The van der Waals surface area contributed by atoms with Gasteiger partial charge in [-0.3, -0.25) is 4.79 Å². The Morgan fingerprint density at radius 2 is 2.43 bits per heavy atom. The molecule has 0 saturated heterocycles. The summed E-state index contributed by atoms with van der Waals surface area (Å²) >= 11 is 5.63. The van der Waals surface area contributed by atoms with Gasteiger partial charge < -0.3 is 9.30 Å². The third kappa shape index (κ3) is 2.30. The average Bonchev–Trinajstić information content (AvgIpc) is 2.18. The van der Waals surface area contributed by atoms with Crippen LogP contribution in [0.2, 0.25) is 0 Å². The number of nitrogens with zero attached hydrogens (tertiary/aromatic N) is 1. The molecule has 1 aromatic rings. The highest BCUT2D eigenvalue weighted by molar-refractivity contribution is 6.16. The average molecular weight is 212 g/mol. The van der Waals surface area contributed by atoms with Gasteiger partial charge in [-0.05, 0) is 0 Å². The maximum atomic E-state index is 11.4. The molecule has 74 valence electrons. The summed E-state index contributed by atoms with van der Waals surface area (Å²) in [4.78, 5) is 11.4. The lowest BCUT2D eigenvalue weighted by atomic mass is 10.3. The first-order valence-electron chi connectivity index (χ1n) is 4.01. The molecule has 3 nitrogen and oxygen atoms in total. The van der Waals surface area contributed by atoms with Gasteiger partial charge in [0.2, 0.25) is 5.43 Å². The zero-order chi connectivity index (χ0) is 10.6. The van der Waals surface area contributed by atoms with E-state index in [1.165, 1.54) is 6.07 Å². The molecule has 0 aliphatic heterocycles. The molecule has 1 rings (SSSR count). The molecule has 0 atom stereocenters. The van der Waals surface area contributed by atoms with Crippen molar-refractivity contribution in [2.24, 2.45) is 7.05 Å². The number of hydrogen-bond donors (Lipinski definition) is 0. The monoisotopic (exact) mass is 211 g/mol. The fraction of sp³-hybridized carbons (Fsp3) is 0.300. The molecule has 1 heterocycles. The summed E-state index contributed by atoms with van der Waals surface area (Å²) < 4.78 is 6.79. The SMILES string of the molecule is C#CCOc1cn(C)c(CCl)cc1=O. The van der Waals surface area contributed by atoms with E-state index in [-0.39, 0.29) is 17.8 Å². The van der Waals surface area contributed by atoms with E-state index in [1.807, 2.05) is 0 Å². The summed E-state index contributed by atoms with van der Waals surface area (Å²) in [6, 6.07) is 1.44. The van der Waals surface area contributed by atoms with Gasteiger partial charge in [0.1, 0.15) is 6.61 Å². The zero-order valence-electron chi connectivity index (χ0n) is 7.79. The van der Waals surface area contributed by atoms with Gasteiger partial charge in [0.15, 0.2) is 5.75 Å². The van der Waals surface area contributed by atoms with Crippen LogP contribution in [-0.2, 0) is 12.9 Å². The van der Waals surface area contributed by atoms with Crippen molar-refractivity contribution >= 4 is 11.6 Å². The molecular formula is C10H10ClNO2. The third-order valence-electron chi connectivity index (χ3n) is 1.75. The fourth-order valence-electron chi connectivity index (χ4n) is 1.01. The Morgan fingerprint density at radius 3 is 3.00 bits per heavy atom. The van der Waals surface area contributed by atoms with Crippen LogP contribution in [0.1, 0.15) is 5.69 Å². The van der Waals surface area contributed by atoms with Crippen molar-refractivity contribution in [3.05, 3.63) is 28.2 Å². The largest absolute Gasteiger partial charge is 0.475 e. The molecular weight excluding hydrogens is 202 g/mol. The second-order valence-corrected chi connectivity index (χ2v) is 3.00. The van der Waals surface area contributed by atoms with Gasteiger partial charge in [0.05, 0.1) is 12.1 Å². The van der Waals surface area contributed by atoms with Crippen LogP contribution in [0.4, 0.5) is 0 Å². The van der Waals surface area contributed by atoms with Gasteiger partial charge in [-0.25, -0.2) is 0 Å². The van der Waals surface area contributed by atoms with E-state index in [0.29, 0.717) is 5.88 Å². The quantitative estimate of drug-likeness (QED) is 0.555. The minimum Gasteiger partial charge on any atom is -0.475 e. The number of terminal acetylenes is 1. The first-order valence-corrected chi connectivity index (χ1v) is 4.54. The molecule has 0 amide bonds. The number of hydrogen-bond acceptors (Lipinski definition) is 2. The predicted octanol–water partition coefficient (Wildman–Crippen LogP) is 1.14. The lowest BCUT2D eigenvalue weighted by Crippen LogP contribution is -2.13. The van der Waals surface area contributed by atoms with Gasteiger partial charge >= 0.3 is 0 Å². The summed E-state index contributed by atoms with van der Waals surface area (Å²) in [6.45, 7) is 0.0927. The predicted molar refractivity (Wildman–Crippen MR) is 55.6 cm³/mol. The Bertz CT molecular complexity index is 417. The molecule has 1 aromatic heterocycles. The highest BCUT2D eigenvalue weighted by Gasteiger charge is 2.03. The molecule has 0 aliphatic carbocycles. The maximum absolute atomic E-state index is 11.4. The summed E-state index contributed by atoms with van der Waals surface area (Å²) in [6.07, 6.45) is 6.60. The van der Waals surface area contributed by atoms with Gasteiger partial charge in [0.25, 0.3) is 0 Å². The van der Waals surface area contributed by atoms with Crippen LogP contribution in [-0.4, -0.2) is 11.2 Å². The lowest BCUT2D eigenvalue weighted by molar-refractivity contribution is 0.363. The molecule has 0 aromatic carbocycles. The van der Waals surface area contributed by atoms with Crippen LogP contribution in [0.3, 0.4) is 0 Å². The second-order valence-electron chi connectivity index (χ2n) is 2.73. The number of aryl methyl sites for hydroxylation is 1. The number of alkyl halides is 1. The van der Waals surface area contributed by atoms with Gasteiger partial charge in [0, 0.05) is 18.8 Å². The van der Waals surface area contributed by atoms with Crippen LogP contribution in [0.25, 0.3) is 0 Å². The van der Waals surface area contributed by atoms with Crippen molar-refractivity contribution < 1.29 is 4.74 Å². The fourth-order valence-corrected chi connectivity index (χ4v) is 1.27. The topological polar surface area (TPSA) is 31.2 Å². The molecule has 14 heavy (non-hydrogen) atoms. The zero-order valence-corrected chi connectivity index (χ0v) is 8.54. The summed E-state index contributed by atoms with van der Waals surface area (Å²) in [7, 11) is 1.79. The number of pyridine rings is 1. The summed E-state index contributed by atoms with van der Waals surface area (Å²) in [5, 5.41) is 0. The van der Waals surface area contributed by atoms with E-state index >= 15 is 0 Å². The van der Waals surface area contributed by atoms with Crippen molar-refractivity contribution in [1.82, 2.24) is 4.57 Å². The second kappa shape index (κ2) is 4.73. The lowest BCUT2D eigenvalue weighted by Gasteiger charge is -2.07. The highest BCUT2D eigenvalue weighted by Crippen LogP contribution is 2.06. The van der Waals surface area contributed by atoms with Crippen LogP contribution in [0.5, 0.6) is 5.75 Å². The van der Waals surface area contributed by atoms with E-state index in [9.17, 15) is 4.79 Å². The van der Waals surface area contributed by atoms with Crippen LogP contribution in [0, 0.1) is 12.3 Å². The standard InChI is InChI=1S/C10H10ClNO2/c1-3-4-14-10-7-12(2)8(6-11)5-9(10)13/h1,5,7H,4,6H2,2H3. The smallest absolute Gasteiger partial charge is 0.223 e. The first-order chi connectivity index (χ1) is 6.69. The molecule has 0 saturated carbocycles. The molecule has 0 fully saturated rings.